The SMILES string of the molecule is C=Cc1cc2c(cc1Nc1ccc([N+](=O)[O-])cc1)Oc1c(NCC=C3CCCC3)c(F)cc3c(=O)c(C(=O)NCCN4CCCC4)cn-2c13. The van der Waals surface area contributed by atoms with Gasteiger partial charge >= 0.3 is 0 Å². The monoisotopic (exact) mass is 664 g/mol. The summed E-state index contributed by atoms with van der Waals surface area (Å²) in [7, 11) is 0. The van der Waals surface area contributed by atoms with E-state index in [-0.39, 0.29) is 28.1 Å². The highest BCUT2D eigenvalue weighted by atomic mass is 19.1. The maximum Gasteiger partial charge on any atom is 0.269 e. The standard InChI is InChI=1S/C37H37FN6O5/c1-2-24-19-31-32(21-30(24)41-25-9-11-26(12-10-25)44(47)48)49-36-33(39-14-13-23-7-3-4-8-23)29(38)20-27-34(36)43(31)22-28(35(27)45)37(46)40-15-18-42-16-5-6-17-42/h2,9-13,19-22,39,41H,1,3-8,14-18H2,(H,40,46). The van der Waals surface area contributed by atoms with Crippen LogP contribution in [0.1, 0.15) is 54.4 Å². The summed E-state index contributed by atoms with van der Waals surface area (Å²) in [5, 5.41) is 20.5. The number of allylic oxidation sites excluding steroid dienone is 1. The molecule has 11 nitrogen and oxygen atoms in total. The summed E-state index contributed by atoms with van der Waals surface area (Å²) in [5.41, 5.74) is 3.42. The number of nitro groups is 1. The lowest BCUT2D eigenvalue weighted by Crippen LogP contribution is -2.36. The van der Waals surface area contributed by atoms with Gasteiger partial charge in [-0.3, -0.25) is 19.7 Å². The van der Waals surface area contributed by atoms with Crippen molar-refractivity contribution in [2.75, 3.05) is 43.4 Å². The number of pyridine rings is 1. The maximum atomic E-state index is 16.0. The molecule has 0 bridgehead atoms. The fourth-order valence-electron chi connectivity index (χ4n) is 6.87. The predicted octanol–water partition coefficient (Wildman–Crippen LogP) is 7.27. The van der Waals surface area contributed by atoms with Crippen LogP contribution in [0.4, 0.5) is 27.1 Å². The molecule has 1 aromatic heterocycles. The number of halogens is 1. The van der Waals surface area contributed by atoms with E-state index >= 15 is 4.39 Å². The number of hydrogen-bond donors (Lipinski definition) is 3. The maximum absolute atomic E-state index is 16.0. The third kappa shape index (κ3) is 6.39. The second-order valence-electron chi connectivity index (χ2n) is 12.6. The van der Waals surface area contributed by atoms with Crippen LogP contribution in [0.2, 0.25) is 0 Å². The van der Waals surface area contributed by atoms with Crippen LogP contribution in [-0.4, -0.2) is 53.0 Å². The van der Waals surface area contributed by atoms with Gasteiger partial charge in [0, 0.05) is 55.4 Å². The molecule has 3 heterocycles. The Morgan fingerprint density at radius 3 is 2.55 bits per heavy atom. The minimum Gasteiger partial charge on any atom is -0.451 e. The number of benzene rings is 3. The van der Waals surface area contributed by atoms with Crippen molar-refractivity contribution in [1.29, 1.82) is 0 Å². The van der Waals surface area contributed by atoms with E-state index in [0.717, 1.165) is 51.6 Å². The molecule has 49 heavy (non-hydrogen) atoms. The number of anilines is 3. The lowest BCUT2D eigenvalue weighted by molar-refractivity contribution is -0.384. The van der Waals surface area contributed by atoms with Crippen molar-refractivity contribution < 1.29 is 18.8 Å². The Hall–Kier alpha value is -5.49. The number of ether oxygens (including phenoxy) is 1. The Labute approximate surface area is 282 Å². The lowest BCUT2D eigenvalue weighted by atomic mass is 10.0. The molecular weight excluding hydrogens is 627 g/mol. The highest BCUT2D eigenvalue weighted by molar-refractivity contribution is 6.01. The topological polar surface area (TPSA) is 131 Å². The average Bonchev–Trinajstić information content (AvgIpc) is 3.82. The number of fused-ring (bicyclic) bond motifs is 2. The van der Waals surface area contributed by atoms with E-state index in [2.05, 4.69) is 33.5 Å². The summed E-state index contributed by atoms with van der Waals surface area (Å²) >= 11 is 0. The minimum atomic E-state index is -0.669. The Balaban J connectivity index is 1.31. The second-order valence-corrected chi connectivity index (χ2v) is 12.6. The molecule has 3 aromatic carbocycles. The summed E-state index contributed by atoms with van der Waals surface area (Å²) in [6.45, 7) is 7.38. The predicted molar refractivity (Wildman–Crippen MR) is 189 cm³/mol. The zero-order valence-electron chi connectivity index (χ0n) is 27.0. The highest BCUT2D eigenvalue weighted by Crippen LogP contribution is 2.47. The van der Waals surface area contributed by atoms with E-state index in [1.54, 1.807) is 34.9 Å². The van der Waals surface area contributed by atoms with Crippen molar-refractivity contribution in [3.63, 3.8) is 0 Å². The fourth-order valence-corrected chi connectivity index (χ4v) is 6.87. The van der Waals surface area contributed by atoms with Crippen LogP contribution >= 0.6 is 0 Å². The van der Waals surface area contributed by atoms with Gasteiger partial charge < -0.3 is 30.2 Å². The molecular formula is C37H37FN6O5. The summed E-state index contributed by atoms with van der Waals surface area (Å²) in [4.78, 5) is 40.3. The number of carbonyl (C=O) groups is 1. The van der Waals surface area contributed by atoms with Crippen LogP contribution in [0.25, 0.3) is 22.7 Å². The molecule has 7 rings (SSSR count). The van der Waals surface area contributed by atoms with Gasteiger partial charge in [0.05, 0.1) is 16.0 Å². The van der Waals surface area contributed by atoms with Gasteiger partial charge in [0.2, 0.25) is 5.43 Å². The Kier molecular flexibility index (Phi) is 8.87. The van der Waals surface area contributed by atoms with Gasteiger partial charge in [0.1, 0.15) is 16.8 Å². The first kappa shape index (κ1) is 32.1. The van der Waals surface area contributed by atoms with E-state index in [1.807, 2.05) is 0 Å². The van der Waals surface area contributed by atoms with Crippen molar-refractivity contribution in [2.24, 2.45) is 0 Å². The molecule has 4 aromatic rings. The quantitative estimate of drug-likeness (QED) is 0.0764. The van der Waals surface area contributed by atoms with Gasteiger partial charge in [-0.1, -0.05) is 24.3 Å². The minimum absolute atomic E-state index is 0.0262. The summed E-state index contributed by atoms with van der Waals surface area (Å²) < 4.78 is 24.1. The highest BCUT2D eigenvalue weighted by Gasteiger charge is 2.29. The number of nitro benzene ring substituents is 1. The van der Waals surface area contributed by atoms with Crippen LogP contribution in [0.5, 0.6) is 11.5 Å². The number of non-ortho nitro benzene ring substituents is 1. The molecule has 1 amide bonds. The van der Waals surface area contributed by atoms with Gasteiger partial charge in [0.15, 0.2) is 17.3 Å². The largest absolute Gasteiger partial charge is 0.451 e. The fraction of sp³-hybridized carbons (Fsp3) is 0.297. The van der Waals surface area contributed by atoms with Crippen LogP contribution in [0, 0.1) is 15.9 Å². The molecule has 3 N–H and O–H groups in total. The molecule has 12 heteroatoms. The van der Waals surface area contributed by atoms with Crippen molar-refractivity contribution >= 4 is 45.6 Å². The lowest BCUT2D eigenvalue weighted by Gasteiger charge is -2.27. The first-order valence-electron chi connectivity index (χ1n) is 16.6. The third-order valence-electron chi connectivity index (χ3n) is 9.45. The number of carbonyl (C=O) groups excluding carboxylic acids is 1. The van der Waals surface area contributed by atoms with Gasteiger partial charge in [0.25, 0.3) is 11.6 Å². The number of hydrogen-bond acceptors (Lipinski definition) is 8. The number of nitrogens with one attached hydrogen (secondary N) is 3. The molecule has 0 radical (unpaired) electrons. The summed E-state index contributed by atoms with van der Waals surface area (Å²) in [6, 6.07) is 10.7. The van der Waals surface area contributed by atoms with Crippen molar-refractivity contribution in [2.45, 2.75) is 38.5 Å². The molecule has 0 unspecified atom stereocenters. The van der Waals surface area contributed by atoms with Gasteiger partial charge in [-0.05, 0) is 81.4 Å². The van der Waals surface area contributed by atoms with E-state index in [9.17, 15) is 19.7 Å². The number of rotatable bonds is 11. The normalized spacial score (nSPS) is 15.1. The Morgan fingerprint density at radius 2 is 1.84 bits per heavy atom. The Bertz CT molecular complexity index is 2060. The van der Waals surface area contributed by atoms with Crippen LogP contribution in [0.15, 0.2) is 71.7 Å². The van der Waals surface area contributed by atoms with E-state index in [1.165, 1.54) is 30.0 Å². The molecule has 1 saturated heterocycles. The zero-order chi connectivity index (χ0) is 34.1. The zero-order valence-corrected chi connectivity index (χ0v) is 27.0. The molecule has 1 saturated carbocycles. The molecule has 0 spiro atoms. The summed E-state index contributed by atoms with van der Waals surface area (Å²) in [6.07, 6.45) is 11.8. The van der Waals surface area contributed by atoms with Gasteiger partial charge in [-0.2, -0.15) is 0 Å². The van der Waals surface area contributed by atoms with Crippen LogP contribution in [-0.2, 0) is 0 Å². The van der Waals surface area contributed by atoms with Crippen molar-refractivity contribution in [3.8, 4) is 17.2 Å². The van der Waals surface area contributed by atoms with Gasteiger partial charge in [-0.15, -0.1) is 0 Å². The molecule has 1 aliphatic carbocycles. The van der Waals surface area contributed by atoms with Crippen molar-refractivity contribution in [3.05, 3.63) is 104 Å². The Morgan fingerprint density at radius 1 is 1.08 bits per heavy atom. The van der Waals surface area contributed by atoms with E-state index < -0.39 is 22.1 Å². The molecule has 3 aliphatic rings. The van der Waals surface area contributed by atoms with Crippen LogP contribution in [0.3, 0.4) is 0 Å². The first-order chi connectivity index (χ1) is 23.8. The van der Waals surface area contributed by atoms with E-state index in [4.69, 9.17) is 4.74 Å². The summed E-state index contributed by atoms with van der Waals surface area (Å²) in [5.74, 6) is -0.720. The van der Waals surface area contributed by atoms with Crippen molar-refractivity contribution in [1.82, 2.24) is 14.8 Å². The number of likely N-dealkylation sites (tertiary alicyclic amines) is 1. The number of aromatic nitrogens is 1. The molecule has 0 atom stereocenters. The molecule has 2 aliphatic heterocycles. The third-order valence-corrected chi connectivity index (χ3v) is 9.45. The molecule has 252 valence electrons. The smallest absolute Gasteiger partial charge is 0.269 e. The van der Waals surface area contributed by atoms with Gasteiger partial charge in [-0.25, -0.2) is 4.39 Å². The average molecular weight is 665 g/mol. The van der Waals surface area contributed by atoms with Crippen LogP contribution < -0.4 is 26.1 Å². The van der Waals surface area contributed by atoms with E-state index in [0.29, 0.717) is 53.5 Å². The molecule has 2 fully saturated rings. The number of nitrogens with zero attached hydrogens (tertiary/aromatic N) is 3. The first-order valence-corrected chi connectivity index (χ1v) is 16.6. The number of amides is 1. The second kappa shape index (κ2) is 13.6.